The van der Waals surface area contributed by atoms with Crippen molar-refractivity contribution in [2.45, 2.75) is 19.9 Å². The number of rotatable bonds is 9. The molecule has 2 aromatic carbocycles. The van der Waals surface area contributed by atoms with Crippen LogP contribution in [0.4, 0.5) is 5.69 Å². The van der Waals surface area contributed by atoms with Crippen LogP contribution in [0.2, 0.25) is 0 Å². The molecule has 0 aliphatic heterocycles. The molecule has 0 unspecified atom stereocenters. The molecule has 1 N–H and O–H groups in total. The van der Waals surface area contributed by atoms with Crippen LogP contribution in [0.15, 0.2) is 42.5 Å². The lowest BCUT2D eigenvalue weighted by molar-refractivity contribution is -0.121. The molecule has 2 rings (SSSR count). The molecule has 0 aromatic heterocycles. The molecule has 0 radical (unpaired) electrons. The summed E-state index contributed by atoms with van der Waals surface area (Å²) in [7, 11) is 4.68. The van der Waals surface area contributed by atoms with Crippen LogP contribution < -0.4 is 24.4 Å². The molecule has 7 heteroatoms. The van der Waals surface area contributed by atoms with Crippen LogP contribution in [0.25, 0.3) is 0 Å². The van der Waals surface area contributed by atoms with Gasteiger partial charge in [-0.2, -0.15) is 0 Å². The summed E-state index contributed by atoms with van der Waals surface area (Å²) >= 11 is 0. The van der Waals surface area contributed by atoms with Crippen molar-refractivity contribution in [1.29, 1.82) is 0 Å². The van der Waals surface area contributed by atoms with Gasteiger partial charge in [-0.3, -0.25) is 9.59 Å². The Hall–Kier alpha value is -3.22. The van der Waals surface area contributed by atoms with Crippen molar-refractivity contribution in [2.75, 3.05) is 32.8 Å². The quantitative estimate of drug-likeness (QED) is 0.717. The van der Waals surface area contributed by atoms with Crippen molar-refractivity contribution in [1.82, 2.24) is 5.32 Å². The van der Waals surface area contributed by atoms with Gasteiger partial charge in [0.15, 0.2) is 11.5 Å². The highest BCUT2D eigenvalue weighted by molar-refractivity contribution is 5.93. The summed E-state index contributed by atoms with van der Waals surface area (Å²) < 4.78 is 15.8. The van der Waals surface area contributed by atoms with E-state index < -0.39 is 0 Å². The first-order chi connectivity index (χ1) is 13.5. The number of para-hydroxylation sites is 2. The Kier molecular flexibility index (Phi) is 7.68. The summed E-state index contributed by atoms with van der Waals surface area (Å²) in [5.74, 6) is 1.51. The van der Waals surface area contributed by atoms with Gasteiger partial charge >= 0.3 is 0 Å². The van der Waals surface area contributed by atoms with Crippen molar-refractivity contribution >= 4 is 17.5 Å². The average Bonchev–Trinajstić information content (AvgIpc) is 2.72. The van der Waals surface area contributed by atoms with E-state index >= 15 is 0 Å². The molecule has 0 fully saturated rings. The Morgan fingerprint density at radius 1 is 0.929 bits per heavy atom. The zero-order chi connectivity index (χ0) is 20.5. The second-order valence-electron chi connectivity index (χ2n) is 6.06. The Balaban J connectivity index is 1.96. The molecular formula is C21H26N2O5. The zero-order valence-electron chi connectivity index (χ0n) is 16.7. The van der Waals surface area contributed by atoms with Crippen molar-refractivity contribution in [2.24, 2.45) is 0 Å². The third-order valence-corrected chi connectivity index (χ3v) is 4.26. The number of hydrogen-bond donors (Lipinski definition) is 1. The molecule has 0 aliphatic carbocycles. The lowest BCUT2D eigenvalue weighted by Crippen LogP contribution is -2.34. The van der Waals surface area contributed by atoms with Crippen molar-refractivity contribution in [3.05, 3.63) is 48.0 Å². The fourth-order valence-corrected chi connectivity index (χ4v) is 2.79. The Morgan fingerprint density at radius 2 is 1.61 bits per heavy atom. The van der Waals surface area contributed by atoms with Crippen LogP contribution in [0.5, 0.6) is 17.2 Å². The van der Waals surface area contributed by atoms with Gasteiger partial charge in [-0.05, 0) is 29.8 Å². The summed E-state index contributed by atoms with van der Waals surface area (Å²) in [6.07, 6.45) is 0.172. The van der Waals surface area contributed by atoms with Gasteiger partial charge in [0, 0.05) is 26.4 Å². The summed E-state index contributed by atoms with van der Waals surface area (Å²) in [4.78, 5) is 25.9. The lowest BCUT2D eigenvalue weighted by Gasteiger charge is -2.23. The third kappa shape index (κ3) is 5.39. The maximum absolute atomic E-state index is 12.3. The SMILES string of the molecule is COc1ccc(CNC(=O)CCN(C(C)=O)c2ccccc2OC)cc1OC. The molecule has 150 valence electrons. The molecular weight excluding hydrogens is 360 g/mol. The largest absolute Gasteiger partial charge is 0.495 e. The van der Waals surface area contributed by atoms with E-state index in [1.165, 1.54) is 11.8 Å². The van der Waals surface area contributed by atoms with E-state index in [1.54, 1.807) is 39.5 Å². The van der Waals surface area contributed by atoms with E-state index in [9.17, 15) is 9.59 Å². The molecule has 7 nitrogen and oxygen atoms in total. The normalized spacial score (nSPS) is 10.1. The van der Waals surface area contributed by atoms with Crippen LogP contribution in [-0.4, -0.2) is 39.7 Å². The van der Waals surface area contributed by atoms with Crippen LogP contribution in [0.3, 0.4) is 0 Å². The molecule has 2 amide bonds. The van der Waals surface area contributed by atoms with Crippen LogP contribution in [-0.2, 0) is 16.1 Å². The van der Waals surface area contributed by atoms with Crippen LogP contribution in [0.1, 0.15) is 18.9 Å². The number of methoxy groups -OCH3 is 3. The minimum Gasteiger partial charge on any atom is -0.495 e. The fourth-order valence-electron chi connectivity index (χ4n) is 2.79. The second-order valence-corrected chi connectivity index (χ2v) is 6.06. The number of nitrogens with zero attached hydrogens (tertiary/aromatic N) is 1. The van der Waals surface area contributed by atoms with Crippen LogP contribution >= 0.6 is 0 Å². The number of benzene rings is 2. The maximum Gasteiger partial charge on any atom is 0.223 e. The molecule has 0 saturated carbocycles. The van der Waals surface area contributed by atoms with Gasteiger partial charge in [-0.1, -0.05) is 18.2 Å². The third-order valence-electron chi connectivity index (χ3n) is 4.26. The van der Waals surface area contributed by atoms with Gasteiger partial charge in [0.1, 0.15) is 5.75 Å². The molecule has 0 heterocycles. The Bertz CT molecular complexity index is 822. The zero-order valence-corrected chi connectivity index (χ0v) is 16.7. The minimum atomic E-state index is -0.157. The first-order valence-electron chi connectivity index (χ1n) is 8.88. The standard InChI is InChI=1S/C21H26N2O5/c1-15(24)23(17-7-5-6-8-18(17)26-2)12-11-21(25)22-14-16-9-10-19(27-3)20(13-16)28-4/h5-10,13H,11-12,14H2,1-4H3,(H,22,25). The first kappa shape index (κ1) is 21.1. The van der Waals surface area contributed by atoms with Gasteiger partial charge in [0.2, 0.25) is 11.8 Å². The maximum atomic E-state index is 12.3. The lowest BCUT2D eigenvalue weighted by atomic mass is 10.2. The van der Waals surface area contributed by atoms with Gasteiger partial charge in [-0.15, -0.1) is 0 Å². The monoisotopic (exact) mass is 386 g/mol. The highest BCUT2D eigenvalue weighted by atomic mass is 16.5. The molecule has 28 heavy (non-hydrogen) atoms. The summed E-state index contributed by atoms with van der Waals surface area (Å²) in [5.41, 5.74) is 1.53. The number of carbonyl (C=O) groups excluding carboxylic acids is 2. The second kappa shape index (κ2) is 10.2. The van der Waals surface area contributed by atoms with Crippen LogP contribution in [0, 0.1) is 0 Å². The number of hydrogen-bond acceptors (Lipinski definition) is 5. The molecule has 0 bridgehead atoms. The molecule has 2 aromatic rings. The highest BCUT2D eigenvalue weighted by Gasteiger charge is 2.17. The van der Waals surface area contributed by atoms with Crippen molar-refractivity contribution in [3.63, 3.8) is 0 Å². The number of carbonyl (C=O) groups is 2. The predicted octanol–water partition coefficient (Wildman–Crippen LogP) is 2.77. The molecule has 0 atom stereocenters. The minimum absolute atomic E-state index is 0.155. The average molecular weight is 386 g/mol. The topological polar surface area (TPSA) is 77.1 Å². The van der Waals surface area contributed by atoms with Gasteiger partial charge < -0.3 is 24.4 Å². The first-order valence-corrected chi connectivity index (χ1v) is 8.88. The van der Waals surface area contributed by atoms with Crippen molar-refractivity contribution in [3.8, 4) is 17.2 Å². The van der Waals surface area contributed by atoms with E-state index in [0.29, 0.717) is 29.5 Å². The molecule has 0 spiro atoms. The van der Waals surface area contributed by atoms with Gasteiger partial charge in [-0.25, -0.2) is 0 Å². The Labute approximate surface area is 165 Å². The number of ether oxygens (including phenoxy) is 3. The fraction of sp³-hybridized carbons (Fsp3) is 0.333. The number of nitrogens with one attached hydrogen (secondary N) is 1. The summed E-state index contributed by atoms with van der Waals surface area (Å²) in [6.45, 7) is 2.08. The van der Waals surface area contributed by atoms with E-state index in [2.05, 4.69) is 5.32 Å². The summed E-state index contributed by atoms with van der Waals surface area (Å²) in [5, 5.41) is 2.86. The number of amides is 2. The van der Waals surface area contributed by atoms with E-state index in [4.69, 9.17) is 14.2 Å². The molecule has 0 saturated heterocycles. The van der Waals surface area contributed by atoms with E-state index in [-0.39, 0.29) is 24.8 Å². The van der Waals surface area contributed by atoms with E-state index in [0.717, 1.165) is 5.56 Å². The number of anilines is 1. The van der Waals surface area contributed by atoms with Gasteiger partial charge in [0.05, 0.1) is 27.0 Å². The summed E-state index contributed by atoms with van der Waals surface area (Å²) in [6, 6.07) is 12.7. The van der Waals surface area contributed by atoms with Crippen molar-refractivity contribution < 1.29 is 23.8 Å². The predicted molar refractivity (Wildman–Crippen MR) is 107 cm³/mol. The van der Waals surface area contributed by atoms with Gasteiger partial charge in [0.25, 0.3) is 0 Å². The van der Waals surface area contributed by atoms with E-state index in [1.807, 2.05) is 24.3 Å². The smallest absolute Gasteiger partial charge is 0.223 e. The Morgan fingerprint density at radius 3 is 2.25 bits per heavy atom. The molecule has 0 aliphatic rings. The highest BCUT2D eigenvalue weighted by Crippen LogP contribution is 2.28.